The van der Waals surface area contributed by atoms with Gasteiger partial charge in [0, 0.05) is 25.2 Å². The van der Waals surface area contributed by atoms with Gasteiger partial charge in [0.25, 0.3) is 0 Å². The number of anilines is 2. The Bertz CT molecular complexity index is 509. The van der Waals surface area contributed by atoms with Gasteiger partial charge in [0.1, 0.15) is 0 Å². The lowest BCUT2D eigenvalue weighted by atomic mass is 10.2. The predicted octanol–water partition coefficient (Wildman–Crippen LogP) is 2.04. The van der Waals surface area contributed by atoms with Gasteiger partial charge >= 0.3 is 6.01 Å². The maximum absolute atomic E-state index is 5.60. The normalized spacial score (nSPS) is 10.6. The molecule has 1 aromatic carbocycles. The number of rotatable bonds is 5. The number of benzene rings is 1. The Hall–Kier alpha value is -1.88. The first-order valence-electron chi connectivity index (χ1n) is 6.11. The summed E-state index contributed by atoms with van der Waals surface area (Å²) < 4.78 is 5.60. The predicted molar refractivity (Wildman–Crippen MR) is 70.9 cm³/mol. The van der Waals surface area contributed by atoms with E-state index in [4.69, 9.17) is 10.2 Å². The molecule has 5 nitrogen and oxygen atoms in total. The average molecular weight is 246 g/mol. The Morgan fingerprint density at radius 3 is 2.83 bits per heavy atom. The third kappa shape index (κ3) is 2.68. The van der Waals surface area contributed by atoms with E-state index in [-0.39, 0.29) is 0 Å². The third-order valence-electron chi connectivity index (χ3n) is 2.67. The second-order valence-corrected chi connectivity index (χ2v) is 4.10. The average Bonchev–Trinajstić information content (AvgIpc) is 2.79. The molecule has 0 spiro atoms. The van der Waals surface area contributed by atoms with E-state index in [0.717, 1.165) is 12.2 Å². The molecule has 2 N–H and O–H groups in total. The lowest BCUT2D eigenvalue weighted by Gasteiger charge is -2.18. The van der Waals surface area contributed by atoms with Crippen LogP contribution in [0.2, 0.25) is 0 Å². The van der Waals surface area contributed by atoms with Crippen molar-refractivity contribution in [1.29, 1.82) is 0 Å². The van der Waals surface area contributed by atoms with Gasteiger partial charge in [0.05, 0.1) is 0 Å². The molecule has 0 fully saturated rings. The van der Waals surface area contributed by atoms with Crippen molar-refractivity contribution in [2.45, 2.75) is 20.3 Å². The molecule has 0 aliphatic heterocycles. The van der Waals surface area contributed by atoms with E-state index in [2.05, 4.69) is 36.2 Å². The fourth-order valence-electron chi connectivity index (χ4n) is 1.80. The maximum atomic E-state index is 5.60. The SMILES string of the molecule is CCN(c1cccc(C)c1)c1nnc(CCN)o1. The van der Waals surface area contributed by atoms with Crippen LogP contribution < -0.4 is 10.6 Å². The van der Waals surface area contributed by atoms with Gasteiger partial charge in [-0.3, -0.25) is 4.90 Å². The quantitative estimate of drug-likeness (QED) is 0.874. The van der Waals surface area contributed by atoms with Gasteiger partial charge in [0.2, 0.25) is 5.89 Å². The monoisotopic (exact) mass is 246 g/mol. The minimum atomic E-state index is 0.512. The molecule has 5 heteroatoms. The molecular formula is C13H18N4O. The van der Waals surface area contributed by atoms with E-state index in [1.807, 2.05) is 17.0 Å². The number of aryl methyl sites for hydroxylation is 1. The highest BCUT2D eigenvalue weighted by Crippen LogP contribution is 2.24. The molecule has 18 heavy (non-hydrogen) atoms. The van der Waals surface area contributed by atoms with Crippen LogP contribution in [-0.4, -0.2) is 23.3 Å². The van der Waals surface area contributed by atoms with Gasteiger partial charge in [-0.1, -0.05) is 17.2 Å². The molecule has 0 aliphatic rings. The van der Waals surface area contributed by atoms with Crippen molar-refractivity contribution in [3.63, 3.8) is 0 Å². The molecule has 0 saturated heterocycles. The first-order chi connectivity index (χ1) is 8.74. The number of aromatic nitrogens is 2. The van der Waals surface area contributed by atoms with Crippen LogP contribution >= 0.6 is 0 Å². The highest BCUT2D eigenvalue weighted by atomic mass is 16.4. The molecule has 0 aliphatic carbocycles. The standard InChI is InChI=1S/C13H18N4O/c1-3-17(11-6-4-5-10(2)9-11)13-16-15-12(18-13)7-8-14/h4-6,9H,3,7-8,14H2,1-2H3. The molecule has 2 rings (SSSR count). The van der Waals surface area contributed by atoms with Crippen LogP contribution in [-0.2, 0) is 6.42 Å². The van der Waals surface area contributed by atoms with Crippen molar-refractivity contribution in [2.75, 3.05) is 18.0 Å². The van der Waals surface area contributed by atoms with Crippen molar-refractivity contribution >= 4 is 11.7 Å². The summed E-state index contributed by atoms with van der Waals surface area (Å²) in [5.74, 6) is 0.582. The lowest BCUT2D eigenvalue weighted by Crippen LogP contribution is -2.16. The van der Waals surface area contributed by atoms with Crippen LogP contribution in [0.5, 0.6) is 0 Å². The molecule has 0 atom stereocenters. The number of nitrogens with zero attached hydrogens (tertiary/aromatic N) is 3. The summed E-state index contributed by atoms with van der Waals surface area (Å²) in [5.41, 5.74) is 7.73. The van der Waals surface area contributed by atoms with Crippen LogP contribution in [0.3, 0.4) is 0 Å². The van der Waals surface area contributed by atoms with Gasteiger partial charge in [-0.05, 0) is 31.5 Å². The number of hydrogen-bond donors (Lipinski definition) is 1. The molecule has 2 aromatic rings. The fourth-order valence-corrected chi connectivity index (χ4v) is 1.80. The van der Waals surface area contributed by atoms with Crippen LogP contribution in [0, 0.1) is 6.92 Å². The highest BCUT2D eigenvalue weighted by Gasteiger charge is 2.14. The number of nitrogens with two attached hydrogens (primary N) is 1. The van der Waals surface area contributed by atoms with Crippen LogP contribution in [0.4, 0.5) is 11.7 Å². The van der Waals surface area contributed by atoms with Crippen LogP contribution in [0.1, 0.15) is 18.4 Å². The smallest absolute Gasteiger partial charge is 0.322 e. The van der Waals surface area contributed by atoms with E-state index in [0.29, 0.717) is 24.9 Å². The maximum Gasteiger partial charge on any atom is 0.322 e. The Balaban J connectivity index is 2.27. The van der Waals surface area contributed by atoms with Crippen molar-refractivity contribution in [2.24, 2.45) is 5.73 Å². The summed E-state index contributed by atoms with van der Waals surface area (Å²) in [4.78, 5) is 1.99. The second kappa shape index (κ2) is 5.64. The fraction of sp³-hybridized carbons (Fsp3) is 0.385. The summed E-state index contributed by atoms with van der Waals surface area (Å²) in [6.07, 6.45) is 0.609. The molecule has 0 bridgehead atoms. The minimum Gasteiger partial charge on any atom is -0.408 e. The van der Waals surface area contributed by atoms with E-state index >= 15 is 0 Å². The van der Waals surface area contributed by atoms with Crippen molar-refractivity contribution in [3.8, 4) is 0 Å². The van der Waals surface area contributed by atoms with Gasteiger partial charge < -0.3 is 10.2 Å². The first-order valence-corrected chi connectivity index (χ1v) is 6.11. The molecule has 0 unspecified atom stereocenters. The summed E-state index contributed by atoms with van der Waals surface area (Å²) in [6, 6.07) is 8.72. The van der Waals surface area contributed by atoms with E-state index in [9.17, 15) is 0 Å². The Morgan fingerprint density at radius 1 is 1.33 bits per heavy atom. The lowest BCUT2D eigenvalue weighted by molar-refractivity contribution is 0.496. The van der Waals surface area contributed by atoms with Crippen molar-refractivity contribution in [3.05, 3.63) is 35.7 Å². The minimum absolute atomic E-state index is 0.512. The highest BCUT2D eigenvalue weighted by molar-refractivity contribution is 5.56. The zero-order valence-electron chi connectivity index (χ0n) is 10.8. The summed E-state index contributed by atoms with van der Waals surface area (Å²) in [7, 11) is 0. The largest absolute Gasteiger partial charge is 0.408 e. The van der Waals surface area contributed by atoms with Crippen molar-refractivity contribution < 1.29 is 4.42 Å². The third-order valence-corrected chi connectivity index (χ3v) is 2.67. The molecule has 0 amide bonds. The van der Waals surface area contributed by atoms with Crippen molar-refractivity contribution in [1.82, 2.24) is 10.2 Å². The number of hydrogen-bond acceptors (Lipinski definition) is 5. The molecule has 1 aromatic heterocycles. The Kier molecular flexibility index (Phi) is 3.94. The summed E-state index contributed by atoms with van der Waals surface area (Å²) >= 11 is 0. The Labute approximate surface area is 107 Å². The molecule has 0 saturated carbocycles. The van der Waals surface area contributed by atoms with E-state index in [1.165, 1.54) is 5.56 Å². The van der Waals surface area contributed by atoms with E-state index in [1.54, 1.807) is 0 Å². The molecule has 96 valence electrons. The summed E-state index contributed by atoms with van der Waals surface area (Å²) in [5, 5.41) is 8.05. The van der Waals surface area contributed by atoms with E-state index < -0.39 is 0 Å². The van der Waals surface area contributed by atoms with Crippen LogP contribution in [0.15, 0.2) is 28.7 Å². The molecule has 0 radical (unpaired) electrons. The Morgan fingerprint density at radius 2 is 2.17 bits per heavy atom. The first kappa shape index (κ1) is 12.6. The van der Waals surface area contributed by atoms with Gasteiger partial charge in [0.15, 0.2) is 0 Å². The van der Waals surface area contributed by atoms with Crippen LogP contribution in [0.25, 0.3) is 0 Å². The van der Waals surface area contributed by atoms with Gasteiger partial charge in [-0.25, -0.2) is 0 Å². The topological polar surface area (TPSA) is 68.2 Å². The second-order valence-electron chi connectivity index (χ2n) is 4.10. The zero-order valence-corrected chi connectivity index (χ0v) is 10.8. The molecular weight excluding hydrogens is 228 g/mol. The molecule has 1 heterocycles. The van der Waals surface area contributed by atoms with Gasteiger partial charge in [-0.2, -0.15) is 0 Å². The zero-order chi connectivity index (χ0) is 13.0. The van der Waals surface area contributed by atoms with Gasteiger partial charge in [-0.15, -0.1) is 5.10 Å². The summed E-state index contributed by atoms with van der Waals surface area (Å²) in [6.45, 7) is 5.39.